The number of rotatable bonds is 5. The van der Waals surface area contributed by atoms with E-state index in [1.807, 2.05) is 0 Å². The maximum atomic E-state index is 11.9. The Labute approximate surface area is 113 Å². The van der Waals surface area contributed by atoms with E-state index >= 15 is 0 Å². The molecule has 3 atom stereocenters. The predicted molar refractivity (Wildman–Crippen MR) is 68.8 cm³/mol. The zero-order valence-electron chi connectivity index (χ0n) is 11.3. The van der Waals surface area contributed by atoms with Crippen LogP contribution in [0.15, 0.2) is 0 Å². The third-order valence-corrected chi connectivity index (χ3v) is 3.92. The van der Waals surface area contributed by atoms with Crippen LogP contribution in [0.4, 0.5) is 0 Å². The lowest BCUT2D eigenvalue weighted by Crippen LogP contribution is -2.44. The van der Waals surface area contributed by atoms with Gasteiger partial charge in [0, 0.05) is 12.6 Å². The second-order valence-electron chi connectivity index (χ2n) is 5.37. The van der Waals surface area contributed by atoms with Crippen LogP contribution < -0.4 is 5.32 Å². The summed E-state index contributed by atoms with van der Waals surface area (Å²) in [6.45, 7) is 4.88. The first-order chi connectivity index (χ1) is 9.08. The SMILES string of the molecule is CC(CNC(=O)[C@@H]1CC[C@H](C(=O)O)O1)N1CCCC1. The fourth-order valence-corrected chi connectivity index (χ4v) is 2.69. The molecule has 6 nitrogen and oxygen atoms in total. The predicted octanol–water partition coefficient (Wildman–Crippen LogP) is 0.219. The van der Waals surface area contributed by atoms with E-state index < -0.39 is 18.2 Å². The van der Waals surface area contributed by atoms with Crippen molar-refractivity contribution in [1.29, 1.82) is 0 Å². The largest absolute Gasteiger partial charge is 0.479 e. The molecule has 1 unspecified atom stereocenters. The van der Waals surface area contributed by atoms with E-state index in [1.54, 1.807) is 0 Å². The Hall–Kier alpha value is -1.14. The van der Waals surface area contributed by atoms with Crippen molar-refractivity contribution in [2.45, 2.75) is 50.9 Å². The second kappa shape index (κ2) is 6.34. The van der Waals surface area contributed by atoms with Crippen LogP contribution in [-0.2, 0) is 14.3 Å². The van der Waals surface area contributed by atoms with Crippen LogP contribution >= 0.6 is 0 Å². The first-order valence-electron chi connectivity index (χ1n) is 6.98. The van der Waals surface area contributed by atoms with Crippen molar-refractivity contribution >= 4 is 11.9 Å². The van der Waals surface area contributed by atoms with Gasteiger partial charge < -0.3 is 15.2 Å². The molecule has 0 aromatic heterocycles. The number of ether oxygens (including phenoxy) is 1. The molecule has 2 aliphatic heterocycles. The maximum absolute atomic E-state index is 11.9. The van der Waals surface area contributed by atoms with Crippen molar-refractivity contribution in [2.24, 2.45) is 0 Å². The Morgan fingerprint density at radius 1 is 1.32 bits per heavy atom. The molecular formula is C13H22N2O4. The van der Waals surface area contributed by atoms with Gasteiger partial charge in [-0.1, -0.05) is 0 Å². The molecule has 0 spiro atoms. The number of likely N-dealkylation sites (tertiary alicyclic amines) is 1. The lowest BCUT2D eigenvalue weighted by Gasteiger charge is -2.24. The summed E-state index contributed by atoms with van der Waals surface area (Å²) in [6, 6.07) is 0.322. The number of carboxylic acid groups (broad SMARTS) is 1. The Balaban J connectivity index is 1.71. The van der Waals surface area contributed by atoms with Crippen LogP contribution in [0.25, 0.3) is 0 Å². The number of carbonyl (C=O) groups is 2. The summed E-state index contributed by atoms with van der Waals surface area (Å²) in [5.74, 6) is -1.17. The molecule has 1 amide bonds. The Kier molecular flexibility index (Phi) is 4.76. The van der Waals surface area contributed by atoms with Gasteiger partial charge in [-0.2, -0.15) is 0 Å². The van der Waals surface area contributed by atoms with Crippen molar-refractivity contribution in [3.63, 3.8) is 0 Å². The number of aliphatic carboxylic acids is 1. The van der Waals surface area contributed by atoms with Gasteiger partial charge in [-0.15, -0.1) is 0 Å². The molecule has 108 valence electrons. The summed E-state index contributed by atoms with van der Waals surface area (Å²) >= 11 is 0. The molecule has 19 heavy (non-hydrogen) atoms. The average molecular weight is 270 g/mol. The van der Waals surface area contributed by atoms with E-state index in [0.717, 1.165) is 13.1 Å². The van der Waals surface area contributed by atoms with Crippen LogP contribution in [-0.4, -0.2) is 59.8 Å². The quantitative estimate of drug-likeness (QED) is 0.747. The van der Waals surface area contributed by atoms with Gasteiger partial charge in [0.25, 0.3) is 0 Å². The molecule has 2 heterocycles. The number of hydrogen-bond donors (Lipinski definition) is 2. The number of nitrogens with one attached hydrogen (secondary N) is 1. The fraction of sp³-hybridized carbons (Fsp3) is 0.846. The third kappa shape index (κ3) is 3.67. The van der Waals surface area contributed by atoms with Crippen molar-refractivity contribution in [3.05, 3.63) is 0 Å². The summed E-state index contributed by atoms with van der Waals surface area (Å²) in [4.78, 5) is 25.0. The minimum Gasteiger partial charge on any atom is -0.479 e. The molecule has 2 rings (SSSR count). The number of amides is 1. The Bertz CT molecular complexity index is 342. The lowest BCUT2D eigenvalue weighted by molar-refractivity contribution is -0.151. The summed E-state index contributed by atoms with van der Waals surface area (Å²) in [5.41, 5.74) is 0. The number of hydrogen-bond acceptors (Lipinski definition) is 4. The van der Waals surface area contributed by atoms with Crippen molar-refractivity contribution < 1.29 is 19.4 Å². The molecule has 0 bridgehead atoms. The second-order valence-corrected chi connectivity index (χ2v) is 5.37. The number of carboxylic acids is 1. The number of carbonyl (C=O) groups excluding carboxylic acids is 1. The van der Waals surface area contributed by atoms with Crippen molar-refractivity contribution in [2.75, 3.05) is 19.6 Å². The third-order valence-electron chi connectivity index (χ3n) is 3.92. The summed E-state index contributed by atoms with van der Waals surface area (Å²) < 4.78 is 5.22. The first kappa shape index (κ1) is 14.3. The average Bonchev–Trinajstić information content (AvgIpc) is 3.05. The van der Waals surface area contributed by atoms with Crippen LogP contribution in [0.2, 0.25) is 0 Å². The van der Waals surface area contributed by atoms with E-state index in [4.69, 9.17) is 9.84 Å². The normalized spacial score (nSPS) is 29.3. The van der Waals surface area contributed by atoms with Gasteiger partial charge in [-0.25, -0.2) is 4.79 Å². The zero-order chi connectivity index (χ0) is 13.8. The van der Waals surface area contributed by atoms with E-state index in [-0.39, 0.29) is 5.91 Å². The standard InChI is InChI=1S/C13H22N2O4/c1-9(15-6-2-3-7-15)8-14-12(16)10-4-5-11(19-10)13(17)18/h9-11H,2-8H2,1H3,(H,14,16)(H,17,18)/t9?,10-,11+/m0/s1. The first-order valence-corrected chi connectivity index (χ1v) is 6.98. The fourth-order valence-electron chi connectivity index (χ4n) is 2.69. The Morgan fingerprint density at radius 2 is 1.95 bits per heavy atom. The van der Waals surface area contributed by atoms with Gasteiger partial charge in [0.15, 0.2) is 6.10 Å². The maximum Gasteiger partial charge on any atom is 0.332 e. The van der Waals surface area contributed by atoms with E-state index in [2.05, 4.69) is 17.1 Å². The number of nitrogens with zero attached hydrogens (tertiary/aromatic N) is 1. The molecule has 2 aliphatic rings. The van der Waals surface area contributed by atoms with Crippen molar-refractivity contribution in [1.82, 2.24) is 10.2 Å². The van der Waals surface area contributed by atoms with Gasteiger partial charge in [0.1, 0.15) is 6.10 Å². The zero-order valence-corrected chi connectivity index (χ0v) is 11.3. The molecular weight excluding hydrogens is 248 g/mol. The molecule has 0 saturated carbocycles. The van der Waals surface area contributed by atoms with Crippen LogP contribution in [0.5, 0.6) is 0 Å². The van der Waals surface area contributed by atoms with E-state index in [0.29, 0.717) is 25.4 Å². The van der Waals surface area contributed by atoms with Gasteiger partial charge in [-0.05, 0) is 45.7 Å². The highest BCUT2D eigenvalue weighted by Crippen LogP contribution is 2.20. The minimum absolute atomic E-state index is 0.185. The monoisotopic (exact) mass is 270 g/mol. The highest BCUT2D eigenvalue weighted by atomic mass is 16.5. The van der Waals surface area contributed by atoms with Crippen LogP contribution in [0.3, 0.4) is 0 Å². The topological polar surface area (TPSA) is 78.9 Å². The smallest absolute Gasteiger partial charge is 0.332 e. The molecule has 0 aromatic carbocycles. The van der Waals surface area contributed by atoms with Crippen LogP contribution in [0.1, 0.15) is 32.6 Å². The Morgan fingerprint density at radius 3 is 2.53 bits per heavy atom. The molecule has 0 aliphatic carbocycles. The van der Waals surface area contributed by atoms with E-state index in [1.165, 1.54) is 12.8 Å². The van der Waals surface area contributed by atoms with E-state index in [9.17, 15) is 9.59 Å². The van der Waals surface area contributed by atoms with Crippen LogP contribution in [0, 0.1) is 0 Å². The van der Waals surface area contributed by atoms with Gasteiger partial charge in [0.05, 0.1) is 0 Å². The molecule has 6 heteroatoms. The van der Waals surface area contributed by atoms with Gasteiger partial charge in [0.2, 0.25) is 5.91 Å². The molecule has 2 saturated heterocycles. The highest BCUT2D eigenvalue weighted by Gasteiger charge is 2.34. The molecule has 0 aromatic rings. The molecule has 2 fully saturated rings. The minimum atomic E-state index is -0.985. The summed E-state index contributed by atoms with van der Waals surface area (Å²) in [5, 5.41) is 11.7. The summed E-state index contributed by atoms with van der Waals surface area (Å²) in [6.07, 6.45) is 1.92. The highest BCUT2D eigenvalue weighted by molar-refractivity contribution is 5.82. The summed E-state index contributed by atoms with van der Waals surface area (Å²) in [7, 11) is 0. The molecule has 2 N–H and O–H groups in total. The van der Waals surface area contributed by atoms with Gasteiger partial charge in [-0.3, -0.25) is 9.69 Å². The molecule has 0 radical (unpaired) electrons. The van der Waals surface area contributed by atoms with Gasteiger partial charge >= 0.3 is 5.97 Å². The lowest BCUT2D eigenvalue weighted by atomic mass is 10.2. The van der Waals surface area contributed by atoms with Crippen molar-refractivity contribution in [3.8, 4) is 0 Å².